The quantitative estimate of drug-likeness (QED) is 0.870. The van der Waals surface area contributed by atoms with Crippen LogP contribution in [0.5, 0.6) is 17.2 Å². The Kier molecular flexibility index (Phi) is 5.39. The minimum atomic E-state index is -0.772. The number of ether oxygens (including phenoxy) is 3. The van der Waals surface area contributed by atoms with Crippen molar-refractivity contribution in [2.45, 2.75) is 36.7 Å². The van der Waals surface area contributed by atoms with E-state index in [2.05, 4.69) is 12.1 Å². The number of aliphatic hydroxyl groups is 1. The average Bonchev–Trinajstić information content (AvgIpc) is 2.99. The molecule has 2 aliphatic rings. The molecular formula is C21H26O4S. The Bertz CT molecular complexity index is 805. The lowest BCUT2D eigenvalue weighted by Gasteiger charge is -2.36. The van der Waals surface area contributed by atoms with E-state index in [1.54, 1.807) is 33.1 Å². The maximum Gasteiger partial charge on any atom is 0.161 e. The van der Waals surface area contributed by atoms with Crippen LogP contribution >= 0.6 is 11.8 Å². The molecule has 0 bridgehead atoms. The first-order chi connectivity index (χ1) is 12.6. The molecule has 2 atom stereocenters. The van der Waals surface area contributed by atoms with E-state index >= 15 is 0 Å². The normalized spacial score (nSPS) is 22.3. The number of methoxy groups -OCH3 is 3. The molecule has 0 aromatic heterocycles. The van der Waals surface area contributed by atoms with Crippen molar-refractivity contribution in [3.63, 3.8) is 0 Å². The zero-order chi connectivity index (χ0) is 18.9. The van der Waals surface area contributed by atoms with Gasteiger partial charge in [-0.25, -0.2) is 0 Å². The van der Waals surface area contributed by atoms with Crippen molar-refractivity contribution in [3.8, 4) is 17.2 Å². The molecule has 1 heterocycles. The molecule has 0 fully saturated rings. The second-order valence-electron chi connectivity index (χ2n) is 6.31. The third kappa shape index (κ3) is 2.93. The van der Waals surface area contributed by atoms with Gasteiger partial charge in [-0.15, -0.1) is 11.8 Å². The minimum Gasteiger partial charge on any atom is -0.497 e. The van der Waals surface area contributed by atoms with Crippen LogP contribution < -0.4 is 14.2 Å². The Morgan fingerprint density at radius 2 is 1.65 bits per heavy atom. The molecule has 2 aromatic rings. The maximum atomic E-state index is 11.3. The van der Waals surface area contributed by atoms with E-state index in [-0.39, 0.29) is 5.92 Å². The van der Waals surface area contributed by atoms with Gasteiger partial charge in [0.05, 0.1) is 26.9 Å². The van der Waals surface area contributed by atoms with E-state index in [4.69, 9.17) is 14.2 Å². The van der Waals surface area contributed by atoms with Gasteiger partial charge < -0.3 is 19.3 Å². The molecule has 2 unspecified atom stereocenters. The standard InChI is InChI=1S/C19H20O4S.C2H6/c1-21-12-4-5-13-17(7-12)24-10-19(20)9-11-6-15(22-2)16(23-3)8-14(11)18(13)19;1-2/h4-8,18,20H,9-10H2,1-3H3;1-2H3. The summed E-state index contributed by atoms with van der Waals surface area (Å²) in [7, 11) is 4.95. The summed E-state index contributed by atoms with van der Waals surface area (Å²) in [5, 5.41) is 11.3. The summed E-state index contributed by atoms with van der Waals surface area (Å²) in [6, 6.07) is 10.1. The van der Waals surface area contributed by atoms with E-state index < -0.39 is 5.60 Å². The van der Waals surface area contributed by atoms with Gasteiger partial charge in [-0.2, -0.15) is 0 Å². The number of benzene rings is 2. The summed E-state index contributed by atoms with van der Waals surface area (Å²) in [5.41, 5.74) is 2.64. The van der Waals surface area contributed by atoms with Gasteiger partial charge in [0.25, 0.3) is 0 Å². The topological polar surface area (TPSA) is 47.9 Å². The highest BCUT2D eigenvalue weighted by Crippen LogP contribution is 2.55. The van der Waals surface area contributed by atoms with Crippen molar-refractivity contribution in [3.05, 3.63) is 47.0 Å². The Morgan fingerprint density at radius 1 is 0.962 bits per heavy atom. The molecule has 1 aliphatic carbocycles. The summed E-state index contributed by atoms with van der Waals surface area (Å²) in [6.07, 6.45) is 0.631. The maximum absolute atomic E-state index is 11.3. The van der Waals surface area contributed by atoms with Crippen LogP contribution in [0.2, 0.25) is 0 Å². The van der Waals surface area contributed by atoms with Crippen LogP contribution in [0.4, 0.5) is 0 Å². The van der Waals surface area contributed by atoms with Crippen molar-refractivity contribution in [2.75, 3.05) is 27.1 Å². The summed E-state index contributed by atoms with van der Waals surface area (Å²) >= 11 is 1.69. The van der Waals surface area contributed by atoms with Gasteiger partial charge >= 0.3 is 0 Å². The van der Waals surface area contributed by atoms with E-state index in [9.17, 15) is 5.11 Å². The molecule has 1 aliphatic heterocycles. The first-order valence-electron chi connectivity index (χ1n) is 8.87. The molecule has 0 amide bonds. The van der Waals surface area contributed by atoms with Crippen molar-refractivity contribution in [1.82, 2.24) is 0 Å². The minimum absolute atomic E-state index is 0.0468. The lowest BCUT2D eigenvalue weighted by Crippen LogP contribution is -2.39. The third-order valence-corrected chi connectivity index (χ3v) is 6.31. The van der Waals surface area contributed by atoms with Gasteiger partial charge in [0.15, 0.2) is 11.5 Å². The Labute approximate surface area is 159 Å². The summed E-state index contributed by atoms with van der Waals surface area (Å²) < 4.78 is 16.2. The van der Waals surface area contributed by atoms with Crippen LogP contribution in [0.1, 0.15) is 36.5 Å². The lowest BCUT2D eigenvalue weighted by molar-refractivity contribution is 0.0575. The highest BCUT2D eigenvalue weighted by molar-refractivity contribution is 7.99. The van der Waals surface area contributed by atoms with Crippen LogP contribution in [-0.4, -0.2) is 37.8 Å². The van der Waals surface area contributed by atoms with Crippen molar-refractivity contribution in [1.29, 1.82) is 0 Å². The molecular weight excluding hydrogens is 348 g/mol. The molecule has 0 saturated carbocycles. The van der Waals surface area contributed by atoms with Gasteiger partial charge in [0.2, 0.25) is 0 Å². The zero-order valence-corrected chi connectivity index (χ0v) is 16.8. The number of thioether (sulfide) groups is 1. The zero-order valence-electron chi connectivity index (χ0n) is 16.0. The summed E-state index contributed by atoms with van der Waals surface area (Å²) in [5.74, 6) is 2.87. The van der Waals surface area contributed by atoms with Crippen molar-refractivity contribution < 1.29 is 19.3 Å². The number of hydrogen-bond donors (Lipinski definition) is 1. The highest BCUT2D eigenvalue weighted by atomic mass is 32.2. The Balaban J connectivity index is 0.000000948. The molecule has 4 nitrogen and oxygen atoms in total. The smallest absolute Gasteiger partial charge is 0.161 e. The van der Waals surface area contributed by atoms with Crippen LogP contribution in [0.15, 0.2) is 35.2 Å². The largest absolute Gasteiger partial charge is 0.497 e. The molecule has 4 rings (SSSR count). The van der Waals surface area contributed by atoms with E-state index in [0.29, 0.717) is 23.7 Å². The van der Waals surface area contributed by atoms with Gasteiger partial charge in [0.1, 0.15) is 5.75 Å². The first-order valence-corrected chi connectivity index (χ1v) is 9.86. The summed E-state index contributed by atoms with van der Waals surface area (Å²) in [6.45, 7) is 4.00. The summed E-state index contributed by atoms with van der Waals surface area (Å²) in [4.78, 5) is 1.17. The van der Waals surface area contributed by atoms with E-state index in [0.717, 1.165) is 22.4 Å². The highest BCUT2D eigenvalue weighted by Gasteiger charge is 2.49. The van der Waals surface area contributed by atoms with Crippen LogP contribution in [0.25, 0.3) is 0 Å². The second-order valence-corrected chi connectivity index (χ2v) is 7.33. The van der Waals surface area contributed by atoms with Gasteiger partial charge in [-0.1, -0.05) is 19.9 Å². The molecule has 5 heteroatoms. The molecule has 26 heavy (non-hydrogen) atoms. The molecule has 2 aromatic carbocycles. The van der Waals surface area contributed by atoms with Gasteiger partial charge in [-0.05, 0) is 41.0 Å². The van der Waals surface area contributed by atoms with Gasteiger partial charge in [0, 0.05) is 23.0 Å². The lowest BCUT2D eigenvalue weighted by atomic mass is 9.83. The Morgan fingerprint density at radius 3 is 2.31 bits per heavy atom. The molecule has 0 radical (unpaired) electrons. The average molecular weight is 375 g/mol. The van der Waals surface area contributed by atoms with E-state index in [1.165, 1.54) is 4.90 Å². The molecule has 0 saturated heterocycles. The fourth-order valence-corrected chi connectivity index (χ4v) is 5.11. The van der Waals surface area contributed by atoms with Crippen molar-refractivity contribution in [2.24, 2.45) is 0 Å². The van der Waals surface area contributed by atoms with Crippen LogP contribution in [-0.2, 0) is 6.42 Å². The van der Waals surface area contributed by atoms with Crippen molar-refractivity contribution >= 4 is 11.8 Å². The first kappa shape index (κ1) is 18.9. The number of fused-ring (bicyclic) bond motifs is 5. The van der Waals surface area contributed by atoms with Crippen LogP contribution in [0, 0.1) is 0 Å². The number of rotatable bonds is 3. The van der Waals surface area contributed by atoms with Crippen LogP contribution in [0.3, 0.4) is 0 Å². The second kappa shape index (κ2) is 7.41. The monoisotopic (exact) mass is 374 g/mol. The predicted octanol–water partition coefficient (Wildman–Crippen LogP) is 4.26. The molecule has 0 spiro atoms. The van der Waals surface area contributed by atoms with Gasteiger partial charge in [-0.3, -0.25) is 0 Å². The van der Waals surface area contributed by atoms with E-state index in [1.807, 2.05) is 32.0 Å². The fraction of sp³-hybridized carbons (Fsp3) is 0.429. The third-order valence-electron chi connectivity index (χ3n) is 5.00. The SMILES string of the molecule is CC.COc1ccc2c(c1)SCC1(O)Cc3cc(OC)c(OC)cc3C21. The number of hydrogen-bond acceptors (Lipinski definition) is 5. The molecule has 140 valence electrons. The predicted molar refractivity (Wildman–Crippen MR) is 105 cm³/mol. The molecule has 1 N–H and O–H groups in total. The Hall–Kier alpha value is -1.85. The fourth-order valence-electron chi connectivity index (χ4n) is 3.88.